The van der Waals surface area contributed by atoms with E-state index in [0.717, 1.165) is 0 Å². The smallest absolute Gasteiger partial charge is 0.268 e. The molecule has 0 saturated carbocycles. The zero-order valence-electron chi connectivity index (χ0n) is 18.2. The fourth-order valence-corrected chi connectivity index (χ4v) is 4.66. The summed E-state index contributed by atoms with van der Waals surface area (Å²) < 4.78 is 0. The van der Waals surface area contributed by atoms with Gasteiger partial charge in [-0.05, 0) is 44.0 Å². The molecule has 3 rings (SSSR count). The summed E-state index contributed by atoms with van der Waals surface area (Å²) in [5.74, 6) is -0.499. The fraction of sp³-hybridized carbons (Fsp3) is 0.391. The maximum atomic E-state index is 13.3. The molecule has 0 aliphatic carbocycles. The third-order valence-electron chi connectivity index (χ3n) is 4.75. The van der Waals surface area contributed by atoms with E-state index in [1.165, 1.54) is 34.8 Å². The predicted molar refractivity (Wildman–Crippen MR) is 124 cm³/mol. The third-order valence-corrected chi connectivity index (χ3v) is 6.95. The van der Waals surface area contributed by atoms with Crippen molar-refractivity contribution in [2.75, 3.05) is 0 Å². The van der Waals surface area contributed by atoms with Gasteiger partial charge in [-0.3, -0.25) is 14.5 Å². The standard InChI is InChI=1S/C20H21N3O2S2.C3H8/c1-4-20(3,5-2)23-18(24)16(26-14-10-6-8-12-21-14)17(19(23)25)27-15-11-7-9-13-22-15;1-3-2/h6-13H,4-5H2,1-3H3;3H2,1-2H3. The highest BCUT2D eigenvalue weighted by Gasteiger charge is 2.47. The van der Waals surface area contributed by atoms with Crippen molar-refractivity contribution < 1.29 is 9.59 Å². The molecule has 0 N–H and O–H groups in total. The second-order valence-corrected chi connectivity index (χ2v) is 9.12. The molecule has 160 valence electrons. The van der Waals surface area contributed by atoms with Gasteiger partial charge < -0.3 is 0 Å². The van der Waals surface area contributed by atoms with Crippen LogP contribution in [0.25, 0.3) is 0 Å². The van der Waals surface area contributed by atoms with Crippen LogP contribution in [0, 0.1) is 0 Å². The lowest BCUT2D eigenvalue weighted by Gasteiger charge is -2.36. The maximum absolute atomic E-state index is 13.3. The normalized spacial score (nSPS) is 14.1. The van der Waals surface area contributed by atoms with Crippen LogP contribution in [-0.2, 0) is 9.59 Å². The molecule has 2 aromatic rings. The first kappa shape index (κ1) is 24.2. The van der Waals surface area contributed by atoms with Gasteiger partial charge in [-0.15, -0.1) is 0 Å². The molecular formula is C23H29N3O2S2. The van der Waals surface area contributed by atoms with E-state index in [1.807, 2.05) is 57.2 Å². The number of thioether (sulfide) groups is 2. The van der Waals surface area contributed by atoms with E-state index >= 15 is 0 Å². The summed E-state index contributed by atoms with van der Waals surface area (Å²) in [5, 5.41) is 1.37. The highest BCUT2D eigenvalue weighted by atomic mass is 32.2. The number of aromatic nitrogens is 2. The van der Waals surface area contributed by atoms with Crippen molar-refractivity contribution in [3.8, 4) is 0 Å². The Bertz CT molecular complexity index is 818. The van der Waals surface area contributed by atoms with Crippen LogP contribution in [0.1, 0.15) is 53.9 Å². The van der Waals surface area contributed by atoms with Crippen LogP contribution in [0.2, 0.25) is 0 Å². The summed E-state index contributed by atoms with van der Waals surface area (Å²) in [6, 6.07) is 11.0. The molecule has 0 saturated heterocycles. The van der Waals surface area contributed by atoms with Gasteiger partial charge in [-0.2, -0.15) is 0 Å². The lowest BCUT2D eigenvalue weighted by molar-refractivity contribution is -0.144. The number of hydrogen-bond donors (Lipinski definition) is 0. The van der Waals surface area contributed by atoms with E-state index in [1.54, 1.807) is 12.4 Å². The van der Waals surface area contributed by atoms with Crippen LogP contribution < -0.4 is 0 Å². The zero-order valence-corrected chi connectivity index (χ0v) is 19.8. The Morgan fingerprint density at radius 1 is 0.800 bits per heavy atom. The lowest BCUT2D eigenvalue weighted by Crippen LogP contribution is -2.49. The van der Waals surface area contributed by atoms with Crippen LogP contribution in [0.15, 0.2) is 68.7 Å². The molecule has 0 aromatic carbocycles. The van der Waals surface area contributed by atoms with E-state index in [9.17, 15) is 9.59 Å². The lowest BCUT2D eigenvalue weighted by atomic mass is 9.93. The third kappa shape index (κ3) is 5.52. The van der Waals surface area contributed by atoms with Crippen molar-refractivity contribution in [3.05, 3.63) is 58.6 Å². The molecule has 30 heavy (non-hydrogen) atoms. The van der Waals surface area contributed by atoms with Gasteiger partial charge in [0.05, 0.1) is 9.81 Å². The van der Waals surface area contributed by atoms with E-state index in [-0.39, 0.29) is 11.8 Å². The Morgan fingerprint density at radius 3 is 1.50 bits per heavy atom. The first-order valence-corrected chi connectivity index (χ1v) is 11.9. The molecule has 1 aliphatic rings. The summed E-state index contributed by atoms with van der Waals surface area (Å²) in [6.45, 7) is 10.2. The molecule has 2 amide bonds. The summed E-state index contributed by atoms with van der Waals surface area (Å²) in [4.78, 5) is 37.3. The second kappa shape index (κ2) is 11.3. The first-order valence-electron chi connectivity index (χ1n) is 10.2. The zero-order chi connectivity index (χ0) is 22.1. The van der Waals surface area contributed by atoms with Crippen LogP contribution in [0.5, 0.6) is 0 Å². The van der Waals surface area contributed by atoms with Crippen LogP contribution in [0.4, 0.5) is 0 Å². The summed E-state index contributed by atoms with van der Waals surface area (Å²) in [5.41, 5.74) is -0.517. The largest absolute Gasteiger partial charge is 0.269 e. The van der Waals surface area contributed by atoms with Gasteiger partial charge in [0.1, 0.15) is 10.1 Å². The number of rotatable bonds is 7. The van der Waals surface area contributed by atoms with Gasteiger partial charge in [0, 0.05) is 17.9 Å². The number of pyridine rings is 2. The van der Waals surface area contributed by atoms with Crippen molar-refractivity contribution in [1.82, 2.24) is 14.9 Å². The minimum absolute atomic E-state index is 0.250. The van der Waals surface area contributed by atoms with Gasteiger partial charge >= 0.3 is 0 Å². The number of carbonyl (C=O) groups excluding carboxylic acids is 2. The van der Waals surface area contributed by atoms with E-state index in [2.05, 4.69) is 23.8 Å². The molecule has 7 heteroatoms. The van der Waals surface area contributed by atoms with Crippen LogP contribution >= 0.6 is 23.5 Å². The first-order chi connectivity index (χ1) is 14.4. The van der Waals surface area contributed by atoms with Crippen molar-refractivity contribution in [2.45, 2.75) is 69.5 Å². The number of amides is 2. The molecule has 0 unspecified atom stereocenters. The van der Waals surface area contributed by atoms with Gasteiger partial charge in [0.2, 0.25) is 0 Å². The van der Waals surface area contributed by atoms with Crippen molar-refractivity contribution in [1.29, 1.82) is 0 Å². The van der Waals surface area contributed by atoms with Gasteiger partial charge in [0.25, 0.3) is 11.8 Å². The van der Waals surface area contributed by atoms with Crippen molar-refractivity contribution in [3.63, 3.8) is 0 Å². The molecule has 0 atom stereocenters. The van der Waals surface area contributed by atoms with Gasteiger partial charge in [0.15, 0.2) is 0 Å². The second-order valence-electron chi connectivity index (χ2n) is 7.06. The topological polar surface area (TPSA) is 63.2 Å². The Labute approximate surface area is 187 Å². The minimum atomic E-state index is -0.517. The van der Waals surface area contributed by atoms with Gasteiger partial charge in [-0.1, -0.05) is 69.8 Å². The molecule has 0 fully saturated rings. The quantitative estimate of drug-likeness (QED) is 0.494. The summed E-state index contributed by atoms with van der Waals surface area (Å²) in [7, 11) is 0. The van der Waals surface area contributed by atoms with E-state index < -0.39 is 5.54 Å². The van der Waals surface area contributed by atoms with Crippen molar-refractivity contribution in [2.24, 2.45) is 0 Å². The fourth-order valence-electron chi connectivity index (χ4n) is 2.75. The monoisotopic (exact) mass is 443 g/mol. The summed E-state index contributed by atoms with van der Waals surface area (Å²) >= 11 is 2.48. The van der Waals surface area contributed by atoms with E-state index in [0.29, 0.717) is 32.7 Å². The Kier molecular flexibility index (Phi) is 9.11. The molecule has 3 heterocycles. The summed E-state index contributed by atoms with van der Waals surface area (Å²) in [6.07, 6.45) is 6.00. The average molecular weight is 444 g/mol. The minimum Gasteiger partial charge on any atom is -0.268 e. The average Bonchev–Trinajstić information content (AvgIpc) is 2.99. The number of carbonyl (C=O) groups is 2. The van der Waals surface area contributed by atoms with Crippen LogP contribution in [0.3, 0.4) is 0 Å². The molecule has 5 nitrogen and oxygen atoms in total. The maximum Gasteiger partial charge on any atom is 0.269 e. The molecule has 0 bridgehead atoms. The van der Waals surface area contributed by atoms with Crippen LogP contribution in [-0.4, -0.2) is 32.2 Å². The molecule has 0 radical (unpaired) electrons. The molecule has 2 aromatic heterocycles. The number of imide groups is 1. The Balaban J connectivity index is 0.00000101. The number of hydrogen-bond acceptors (Lipinski definition) is 6. The number of nitrogens with zero attached hydrogens (tertiary/aromatic N) is 3. The molecular weight excluding hydrogens is 414 g/mol. The van der Waals surface area contributed by atoms with E-state index in [4.69, 9.17) is 0 Å². The highest BCUT2D eigenvalue weighted by Crippen LogP contribution is 2.44. The highest BCUT2D eigenvalue weighted by molar-refractivity contribution is 8.08. The van der Waals surface area contributed by atoms with Crippen molar-refractivity contribution >= 4 is 35.3 Å². The molecule has 1 aliphatic heterocycles. The Hall–Kier alpha value is -2.12. The SMILES string of the molecule is CCC.CCC(C)(CC)N1C(=O)C(Sc2ccccn2)=C(Sc2ccccn2)C1=O. The predicted octanol–water partition coefficient (Wildman–Crippen LogP) is 5.94. The van der Waals surface area contributed by atoms with Gasteiger partial charge in [-0.25, -0.2) is 9.97 Å². The molecule has 0 spiro atoms. The Morgan fingerprint density at radius 2 is 1.20 bits per heavy atom.